The molecule has 0 atom stereocenters. The molecule has 6 rings (SSSR count). The van der Waals surface area contributed by atoms with Crippen LogP contribution < -0.4 is 0 Å². The van der Waals surface area contributed by atoms with Crippen LogP contribution in [0.2, 0.25) is 0 Å². The molecule has 1 aromatic heterocycles. The number of rotatable bonds is 1. The molecule has 122 valence electrons. The summed E-state index contributed by atoms with van der Waals surface area (Å²) in [5.74, 6) is 0. The second-order valence-corrected chi connectivity index (χ2v) is 6.01. The Morgan fingerprint density at radius 2 is 1.35 bits per heavy atom. The normalized spacial score (nSPS) is 20.0. The lowest BCUT2D eigenvalue weighted by molar-refractivity contribution is 1.26. The van der Waals surface area contributed by atoms with Crippen LogP contribution in [0.25, 0.3) is 44.1 Å². The molecule has 5 aromatic rings. The Hall–Kier alpha value is -3.32. The number of H-pyrrole nitrogens is 1. The first-order chi connectivity index (χ1) is 18.7. The Bertz CT molecular complexity index is 2020. The summed E-state index contributed by atoms with van der Waals surface area (Å²) in [5, 5.41) is -0.170. The molecular weight excluding hydrogens is 314 g/mol. The minimum Gasteiger partial charge on any atom is -0.355 e. The SMILES string of the molecule is [2H]c1c([2H])c([2H])c2c(c1[2H])Cc1c([2H])c([2H])c(-c3c([2H])c([2H])c4[nH]c5c([2H])c([2H])c([2H])c([2H])c5c4c3[2H])c([2H])c1-2. The predicted octanol–water partition coefficient (Wildman–Crippen LogP) is 6.56. The molecule has 0 unspecified atom stereocenters. The molecule has 0 radical (unpaired) electrons. The van der Waals surface area contributed by atoms with Gasteiger partial charge in [-0.3, -0.25) is 0 Å². The number of nitrogens with one attached hydrogen (secondary N) is 1. The van der Waals surface area contributed by atoms with Gasteiger partial charge in [0.1, 0.15) is 0 Å². The number of fused-ring (bicyclic) bond motifs is 6. The number of hydrogen-bond acceptors (Lipinski definition) is 0. The molecule has 4 aromatic carbocycles. The summed E-state index contributed by atoms with van der Waals surface area (Å²) in [6.45, 7) is 0. The number of hydrogen-bond donors (Lipinski definition) is 1. The highest BCUT2D eigenvalue weighted by Crippen LogP contribution is 2.39. The Kier molecular flexibility index (Phi) is 1.20. The van der Waals surface area contributed by atoms with Crippen molar-refractivity contribution in [3.05, 3.63) is 95.7 Å². The quantitative estimate of drug-likeness (QED) is 0.347. The Balaban J connectivity index is 1.79. The van der Waals surface area contributed by atoms with Crippen LogP contribution >= 0.6 is 0 Å². The molecular formula is C25H17N. The lowest BCUT2D eigenvalue weighted by Crippen LogP contribution is -1.83. The van der Waals surface area contributed by atoms with Crippen molar-refractivity contribution in [3.8, 4) is 22.3 Å². The van der Waals surface area contributed by atoms with Crippen molar-refractivity contribution in [2.75, 3.05) is 0 Å². The van der Waals surface area contributed by atoms with Crippen molar-refractivity contribution < 1.29 is 19.2 Å². The second kappa shape index (κ2) is 5.09. The summed E-state index contributed by atoms with van der Waals surface area (Å²) >= 11 is 0. The monoisotopic (exact) mass is 345 g/mol. The van der Waals surface area contributed by atoms with Crippen LogP contribution in [-0.4, -0.2) is 4.98 Å². The van der Waals surface area contributed by atoms with Gasteiger partial charge in [-0.2, -0.15) is 0 Å². The van der Waals surface area contributed by atoms with E-state index in [1.807, 2.05) is 0 Å². The molecule has 0 saturated carbocycles. The number of benzene rings is 4. The average molecular weight is 346 g/mol. The highest BCUT2D eigenvalue weighted by molar-refractivity contribution is 6.08. The standard InChI is InChI=1S/C25H17N/c1-2-6-20-18(5-1)13-19-10-9-16(14-22(19)20)17-11-12-25-23(15-17)21-7-3-4-8-24(21)26-25/h1-12,14-15,26H,13H2/i1D,2D,3D,4D,5D,6D,7D,8D,9D,10D,11D,12D,14D,15D. The molecule has 1 aliphatic carbocycles. The molecule has 0 bridgehead atoms. The van der Waals surface area contributed by atoms with Crippen molar-refractivity contribution in [1.29, 1.82) is 0 Å². The molecule has 26 heavy (non-hydrogen) atoms. The Morgan fingerprint density at radius 1 is 0.615 bits per heavy atom. The lowest BCUT2D eigenvalue weighted by Gasteiger charge is -2.07. The van der Waals surface area contributed by atoms with Gasteiger partial charge in [-0.1, -0.05) is 60.4 Å². The maximum atomic E-state index is 9.05. The maximum absolute atomic E-state index is 9.05. The van der Waals surface area contributed by atoms with E-state index < -0.39 is 72.5 Å². The van der Waals surface area contributed by atoms with Gasteiger partial charge in [-0.15, -0.1) is 0 Å². The zero-order valence-corrected chi connectivity index (χ0v) is 13.2. The van der Waals surface area contributed by atoms with Gasteiger partial charge in [0.15, 0.2) is 0 Å². The van der Waals surface area contributed by atoms with Crippen molar-refractivity contribution in [1.82, 2.24) is 4.98 Å². The van der Waals surface area contributed by atoms with Crippen LogP contribution in [0.15, 0.2) is 84.6 Å². The van der Waals surface area contributed by atoms with Gasteiger partial charge in [0, 0.05) is 21.8 Å². The van der Waals surface area contributed by atoms with Gasteiger partial charge in [-0.05, 0) is 64.0 Å². The van der Waals surface area contributed by atoms with Crippen molar-refractivity contribution >= 4 is 21.8 Å². The largest absolute Gasteiger partial charge is 0.355 e. The number of aromatic nitrogens is 1. The van der Waals surface area contributed by atoms with E-state index in [0.717, 1.165) is 0 Å². The van der Waals surface area contributed by atoms with E-state index in [1.165, 1.54) is 0 Å². The van der Waals surface area contributed by atoms with Gasteiger partial charge in [-0.25, -0.2) is 0 Å². The van der Waals surface area contributed by atoms with Gasteiger partial charge in [0.25, 0.3) is 0 Å². The molecule has 1 N–H and O–H groups in total. The van der Waals surface area contributed by atoms with Crippen LogP contribution in [0.3, 0.4) is 0 Å². The van der Waals surface area contributed by atoms with Gasteiger partial charge < -0.3 is 4.98 Å². The first kappa shape index (κ1) is 6.14. The molecule has 0 aliphatic heterocycles. The highest BCUT2D eigenvalue weighted by atomic mass is 14.7. The second-order valence-electron chi connectivity index (χ2n) is 6.01. The highest BCUT2D eigenvalue weighted by Gasteiger charge is 2.18. The van der Waals surface area contributed by atoms with Crippen LogP contribution in [0.5, 0.6) is 0 Å². The summed E-state index contributed by atoms with van der Waals surface area (Å²) in [4.78, 5) is 2.75. The van der Waals surface area contributed by atoms with Gasteiger partial charge in [0.2, 0.25) is 0 Å². The molecule has 0 spiro atoms. The summed E-state index contributed by atoms with van der Waals surface area (Å²) in [5.41, 5.74) is -0.469. The van der Waals surface area contributed by atoms with E-state index in [-0.39, 0.29) is 73.7 Å². The third-order valence-electron chi connectivity index (χ3n) is 4.51. The smallest absolute Gasteiger partial charge is 0.0645 e. The fourth-order valence-corrected chi connectivity index (χ4v) is 3.30. The fourth-order valence-electron chi connectivity index (χ4n) is 3.30. The third kappa shape index (κ3) is 1.91. The summed E-state index contributed by atoms with van der Waals surface area (Å²) in [6, 6.07) is -6.49. The van der Waals surface area contributed by atoms with Crippen LogP contribution in [0, 0.1) is 0 Å². The van der Waals surface area contributed by atoms with E-state index in [4.69, 9.17) is 19.2 Å². The van der Waals surface area contributed by atoms with Crippen molar-refractivity contribution in [3.63, 3.8) is 0 Å². The van der Waals surface area contributed by atoms with Crippen molar-refractivity contribution in [2.45, 2.75) is 6.42 Å². The zero-order valence-electron chi connectivity index (χ0n) is 27.2. The summed E-state index contributed by atoms with van der Waals surface area (Å²) < 4.78 is 118. The minimum atomic E-state index is -0.561. The van der Waals surface area contributed by atoms with Crippen molar-refractivity contribution in [2.24, 2.45) is 0 Å². The first-order valence-corrected chi connectivity index (χ1v) is 7.96. The maximum Gasteiger partial charge on any atom is 0.0645 e. The van der Waals surface area contributed by atoms with Crippen LogP contribution in [0.1, 0.15) is 30.3 Å². The zero-order chi connectivity index (χ0) is 29.3. The molecule has 0 amide bonds. The summed E-state index contributed by atoms with van der Waals surface area (Å²) in [6.07, 6.45) is -0.0960. The Labute approximate surface area is 171 Å². The predicted molar refractivity (Wildman–Crippen MR) is 109 cm³/mol. The van der Waals surface area contributed by atoms with E-state index in [2.05, 4.69) is 4.98 Å². The van der Waals surface area contributed by atoms with Crippen LogP contribution in [0.4, 0.5) is 0 Å². The van der Waals surface area contributed by atoms with E-state index in [1.54, 1.807) is 0 Å². The number of para-hydroxylation sites is 1. The molecule has 0 saturated heterocycles. The lowest BCUT2D eigenvalue weighted by atomic mass is 9.97. The minimum absolute atomic E-state index is 0.00396. The number of aromatic amines is 1. The Morgan fingerprint density at radius 3 is 2.35 bits per heavy atom. The average Bonchev–Trinajstić information content (AvgIpc) is 3.53. The van der Waals surface area contributed by atoms with E-state index in [9.17, 15) is 0 Å². The van der Waals surface area contributed by atoms with Crippen LogP contribution in [-0.2, 0) is 6.42 Å². The fraction of sp³-hybridized carbons (Fsp3) is 0.0400. The third-order valence-corrected chi connectivity index (χ3v) is 4.51. The molecule has 1 nitrogen and oxygen atoms in total. The van der Waals surface area contributed by atoms with E-state index in [0.29, 0.717) is 0 Å². The molecule has 1 aliphatic rings. The molecule has 1 heteroatoms. The summed E-state index contributed by atoms with van der Waals surface area (Å²) in [7, 11) is 0. The molecule has 1 heterocycles. The van der Waals surface area contributed by atoms with Gasteiger partial charge in [0.05, 0.1) is 19.2 Å². The first-order valence-electron chi connectivity index (χ1n) is 15.0. The van der Waals surface area contributed by atoms with Gasteiger partial charge >= 0.3 is 0 Å². The molecule has 0 fully saturated rings. The topological polar surface area (TPSA) is 15.8 Å². The van der Waals surface area contributed by atoms with E-state index >= 15 is 0 Å².